The number of hydrogen-bond acceptors (Lipinski definition) is 2. The van der Waals surface area contributed by atoms with E-state index in [1.165, 1.54) is 12.1 Å². The van der Waals surface area contributed by atoms with Crippen molar-refractivity contribution in [3.05, 3.63) is 59.7 Å². The van der Waals surface area contributed by atoms with E-state index < -0.39 is 11.7 Å². The van der Waals surface area contributed by atoms with Crippen molar-refractivity contribution in [3.63, 3.8) is 0 Å². The molecule has 0 aromatic heterocycles. The maximum atomic E-state index is 12.4. The average Bonchev–Trinajstić information content (AvgIpc) is 2.37. The molecule has 2 aromatic carbocycles. The Morgan fingerprint density at radius 2 is 1.47 bits per heavy atom. The maximum absolute atomic E-state index is 12.4. The van der Waals surface area contributed by atoms with Gasteiger partial charge in [-0.05, 0) is 42.0 Å². The van der Waals surface area contributed by atoms with E-state index in [0.29, 0.717) is 17.9 Å². The molecule has 0 unspecified atom stereocenters. The minimum Gasteiger partial charge on any atom is -0.399 e. The summed E-state index contributed by atoms with van der Waals surface area (Å²) in [6.45, 7) is 0.533. The van der Waals surface area contributed by atoms with Crippen LogP contribution in [0.25, 0.3) is 0 Å². The number of nitrogen functional groups attached to an aromatic ring is 1. The van der Waals surface area contributed by atoms with Gasteiger partial charge in [-0.2, -0.15) is 13.2 Å². The van der Waals surface area contributed by atoms with Crippen molar-refractivity contribution >= 4 is 11.4 Å². The van der Waals surface area contributed by atoms with Gasteiger partial charge in [-0.15, -0.1) is 0 Å². The molecule has 0 bridgehead atoms. The van der Waals surface area contributed by atoms with Crippen LogP contribution in [0.5, 0.6) is 0 Å². The van der Waals surface area contributed by atoms with Crippen molar-refractivity contribution in [1.29, 1.82) is 0 Å². The zero-order valence-electron chi connectivity index (χ0n) is 10.0. The lowest BCUT2D eigenvalue weighted by molar-refractivity contribution is -0.137. The van der Waals surface area contributed by atoms with E-state index in [1.807, 2.05) is 12.1 Å². The Hall–Kier alpha value is -2.17. The molecule has 2 rings (SSSR count). The topological polar surface area (TPSA) is 38.0 Å². The Labute approximate surface area is 109 Å². The maximum Gasteiger partial charge on any atom is 0.416 e. The predicted octanol–water partition coefficient (Wildman–Crippen LogP) is 3.90. The summed E-state index contributed by atoms with van der Waals surface area (Å²) in [7, 11) is 0. The fraction of sp³-hybridized carbons (Fsp3) is 0.143. The number of alkyl halides is 3. The largest absolute Gasteiger partial charge is 0.416 e. The van der Waals surface area contributed by atoms with E-state index in [2.05, 4.69) is 5.32 Å². The monoisotopic (exact) mass is 266 g/mol. The van der Waals surface area contributed by atoms with Gasteiger partial charge >= 0.3 is 6.18 Å². The molecule has 100 valence electrons. The third kappa shape index (κ3) is 3.64. The van der Waals surface area contributed by atoms with E-state index in [0.717, 1.165) is 17.7 Å². The molecule has 0 heterocycles. The lowest BCUT2D eigenvalue weighted by Gasteiger charge is -2.09. The molecule has 3 N–H and O–H groups in total. The van der Waals surface area contributed by atoms with Crippen LogP contribution in [0.3, 0.4) is 0 Å². The molecule has 0 amide bonds. The Balaban J connectivity index is 1.98. The van der Waals surface area contributed by atoms with E-state index in [9.17, 15) is 13.2 Å². The molecular formula is C14H13F3N2. The molecule has 0 atom stereocenters. The summed E-state index contributed by atoms with van der Waals surface area (Å²) < 4.78 is 37.1. The van der Waals surface area contributed by atoms with Gasteiger partial charge in [0.25, 0.3) is 0 Å². The standard InChI is InChI=1S/C14H13F3N2/c15-14(16,17)11-3-7-13(8-4-11)19-9-10-1-5-12(18)6-2-10/h1-8,19H,9,18H2. The highest BCUT2D eigenvalue weighted by atomic mass is 19.4. The highest BCUT2D eigenvalue weighted by Gasteiger charge is 2.29. The van der Waals surface area contributed by atoms with Crippen LogP contribution in [0.2, 0.25) is 0 Å². The van der Waals surface area contributed by atoms with Crippen LogP contribution in [-0.4, -0.2) is 0 Å². The molecule has 0 spiro atoms. The van der Waals surface area contributed by atoms with Gasteiger partial charge < -0.3 is 11.1 Å². The Kier molecular flexibility index (Phi) is 3.64. The molecule has 0 saturated heterocycles. The predicted molar refractivity (Wildman–Crippen MR) is 69.6 cm³/mol. The van der Waals surface area contributed by atoms with Gasteiger partial charge in [0.05, 0.1) is 5.56 Å². The third-order valence-electron chi connectivity index (χ3n) is 2.69. The molecule has 0 fully saturated rings. The molecular weight excluding hydrogens is 253 g/mol. The summed E-state index contributed by atoms with van der Waals surface area (Å²) in [4.78, 5) is 0. The van der Waals surface area contributed by atoms with Gasteiger partial charge in [-0.3, -0.25) is 0 Å². The van der Waals surface area contributed by atoms with Gasteiger partial charge in [0.15, 0.2) is 0 Å². The zero-order valence-corrected chi connectivity index (χ0v) is 10.0. The van der Waals surface area contributed by atoms with Crippen LogP contribution in [0.15, 0.2) is 48.5 Å². The first-order valence-corrected chi connectivity index (χ1v) is 5.71. The normalized spacial score (nSPS) is 11.3. The fourth-order valence-electron chi connectivity index (χ4n) is 1.62. The molecule has 2 aromatic rings. The van der Waals surface area contributed by atoms with E-state index in [1.54, 1.807) is 12.1 Å². The summed E-state index contributed by atoms with van der Waals surface area (Å²) in [6, 6.07) is 12.3. The second-order valence-corrected chi connectivity index (χ2v) is 4.17. The number of benzene rings is 2. The van der Waals surface area contributed by atoms with Crippen molar-refractivity contribution in [2.45, 2.75) is 12.7 Å². The van der Waals surface area contributed by atoms with Crippen molar-refractivity contribution in [2.75, 3.05) is 11.1 Å². The summed E-state index contributed by atoms with van der Waals surface area (Å²) in [5.74, 6) is 0. The lowest BCUT2D eigenvalue weighted by Crippen LogP contribution is -2.05. The molecule has 2 nitrogen and oxygen atoms in total. The third-order valence-corrected chi connectivity index (χ3v) is 2.69. The Morgan fingerprint density at radius 3 is 2.00 bits per heavy atom. The van der Waals surface area contributed by atoms with Gasteiger partial charge in [-0.1, -0.05) is 12.1 Å². The highest BCUT2D eigenvalue weighted by molar-refractivity contribution is 5.46. The number of rotatable bonds is 3. The molecule has 0 aliphatic heterocycles. The van der Waals surface area contributed by atoms with Crippen molar-refractivity contribution in [3.8, 4) is 0 Å². The minimum atomic E-state index is -4.30. The van der Waals surface area contributed by atoms with Crippen LogP contribution in [0.1, 0.15) is 11.1 Å². The van der Waals surface area contributed by atoms with Crippen LogP contribution in [0, 0.1) is 0 Å². The zero-order chi connectivity index (χ0) is 13.9. The van der Waals surface area contributed by atoms with Crippen molar-refractivity contribution < 1.29 is 13.2 Å². The molecule has 0 aliphatic carbocycles. The van der Waals surface area contributed by atoms with Gasteiger partial charge in [-0.25, -0.2) is 0 Å². The second-order valence-electron chi connectivity index (χ2n) is 4.17. The highest BCUT2D eigenvalue weighted by Crippen LogP contribution is 2.29. The number of nitrogens with two attached hydrogens (primary N) is 1. The van der Waals surface area contributed by atoms with Crippen LogP contribution in [0.4, 0.5) is 24.5 Å². The fourth-order valence-corrected chi connectivity index (χ4v) is 1.62. The number of nitrogens with one attached hydrogen (secondary N) is 1. The van der Waals surface area contributed by atoms with E-state index >= 15 is 0 Å². The second kappa shape index (κ2) is 5.22. The molecule has 19 heavy (non-hydrogen) atoms. The summed E-state index contributed by atoms with van der Waals surface area (Å²) >= 11 is 0. The first kappa shape index (κ1) is 13.3. The van der Waals surface area contributed by atoms with E-state index in [-0.39, 0.29) is 0 Å². The number of halogens is 3. The van der Waals surface area contributed by atoms with Gasteiger partial charge in [0.2, 0.25) is 0 Å². The van der Waals surface area contributed by atoms with E-state index in [4.69, 9.17) is 5.73 Å². The lowest BCUT2D eigenvalue weighted by atomic mass is 10.2. The minimum absolute atomic E-state index is 0.533. The summed E-state index contributed by atoms with van der Waals surface area (Å²) in [5, 5.41) is 3.05. The summed E-state index contributed by atoms with van der Waals surface area (Å²) in [6.07, 6.45) is -4.30. The first-order chi connectivity index (χ1) is 8.95. The van der Waals surface area contributed by atoms with Crippen LogP contribution < -0.4 is 11.1 Å². The summed E-state index contributed by atoms with van der Waals surface area (Å²) in [5.41, 5.74) is 7.25. The van der Waals surface area contributed by atoms with Crippen LogP contribution >= 0.6 is 0 Å². The molecule has 5 heteroatoms. The molecule has 0 radical (unpaired) electrons. The van der Waals surface area contributed by atoms with Crippen molar-refractivity contribution in [2.24, 2.45) is 0 Å². The SMILES string of the molecule is Nc1ccc(CNc2ccc(C(F)(F)F)cc2)cc1. The van der Waals surface area contributed by atoms with Gasteiger partial charge in [0.1, 0.15) is 0 Å². The smallest absolute Gasteiger partial charge is 0.399 e. The van der Waals surface area contributed by atoms with Gasteiger partial charge in [0, 0.05) is 17.9 Å². The Morgan fingerprint density at radius 1 is 0.895 bits per heavy atom. The average molecular weight is 266 g/mol. The quantitative estimate of drug-likeness (QED) is 0.827. The molecule has 0 saturated carbocycles. The van der Waals surface area contributed by atoms with Crippen molar-refractivity contribution in [1.82, 2.24) is 0 Å². The molecule has 0 aliphatic rings. The Bertz CT molecular complexity index is 530. The van der Waals surface area contributed by atoms with Crippen LogP contribution in [-0.2, 0) is 12.7 Å². The number of anilines is 2. The number of hydrogen-bond donors (Lipinski definition) is 2. The first-order valence-electron chi connectivity index (χ1n) is 5.71.